The second-order valence-corrected chi connectivity index (χ2v) is 4.80. The quantitative estimate of drug-likeness (QED) is 0.625. The number of ether oxygens (including phenoxy) is 1. The highest BCUT2D eigenvalue weighted by Crippen LogP contribution is 2.22. The summed E-state index contributed by atoms with van der Waals surface area (Å²) in [6, 6.07) is 7.98. The van der Waals surface area contributed by atoms with E-state index in [1.54, 1.807) is 18.7 Å². The van der Waals surface area contributed by atoms with Gasteiger partial charge in [0.25, 0.3) is 0 Å². The average molecular weight is 254 g/mol. The minimum absolute atomic E-state index is 0.0622. The molecule has 17 heavy (non-hydrogen) atoms. The summed E-state index contributed by atoms with van der Waals surface area (Å²) in [5, 5.41) is 9.68. The van der Waals surface area contributed by atoms with Gasteiger partial charge in [-0.25, -0.2) is 0 Å². The number of aliphatic hydroxyl groups is 1. The molecule has 1 rings (SSSR count). The Morgan fingerprint density at radius 1 is 1.47 bits per heavy atom. The molecule has 1 aromatic carbocycles. The van der Waals surface area contributed by atoms with E-state index in [0.29, 0.717) is 12.4 Å². The molecule has 4 heteroatoms. The van der Waals surface area contributed by atoms with Gasteiger partial charge >= 0.3 is 5.97 Å². The van der Waals surface area contributed by atoms with Gasteiger partial charge in [-0.3, -0.25) is 4.79 Å². The molecule has 0 spiro atoms. The van der Waals surface area contributed by atoms with Gasteiger partial charge in [0.15, 0.2) is 0 Å². The first-order valence-electron chi connectivity index (χ1n) is 5.65. The normalized spacial score (nSPS) is 12.2. The maximum atomic E-state index is 11.1. The standard InChI is InChI=1S/C13H18O3S/c1-3-16-13(15)8-11(14)9-17-12-7-5-4-6-10(12)2/h4-7,11,14H,3,8-9H2,1-2H3. The molecule has 3 nitrogen and oxygen atoms in total. The van der Waals surface area contributed by atoms with Gasteiger partial charge in [0.05, 0.1) is 19.1 Å². The molecular weight excluding hydrogens is 236 g/mol. The molecule has 1 aromatic rings. The molecule has 0 fully saturated rings. The number of carbonyl (C=O) groups is 1. The van der Waals surface area contributed by atoms with E-state index >= 15 is 0 Å². The van der Waals surface area contributed by atoms with Gasteiger partial charge in [-0.15, -0.1) is 11.8 Å². The van der Waals surface area contributed by atoms with E-state index in [9.17, 15) is 9.90 Å². The molecule has 0 aliphatic carbocycles. The van der Waals surface area contributed by atoms with Crippen LogP contribution in [0.1, 0.15) is 18.9 Å². The Morgan fingerprint density at radius 3 is 2.82 bits per heavy atom. The lowest BCUT2D eigenvalue weighted by Crippen LogP contribution is -2.17. The molecule has 0 amide bonds. The highest BCUT2D eigenvalue weighted by molar-refractivity contribution is 7.99. The van der Waals surface area contributed by atoms with Crippen LogP contribution in [0.15, 0.2) is 29.2 Å². The highest BCUT2D eigenvalue weighted by Gasteiger charge is 2.12. The second-order valence-electron chi connectivity index (χ2n) is 3.74. The number of aryl methyl sites for hydroxylation is 1. The van der Waals surface area contributed by atoms with E-state index in [-0.39, 0.29) is 12.4 Å². The second kappa shape index (κ2) is 7.35. The Balaban J connectivity index is 2.35. The summed E-state index contributed by atoms with van der Waals surface area (Å²) < 4.78 is 4.78. The van der Waals surface area contributed by atoms with Gasteiger partial charge in [-0.1, -0.05) is 18.2 Å². The zero-order chi connectivity index (χ0) is 12.7. The summed E-state index contributed by atoms with van der Waals surface area (Å²) in [6.45, 7) is 4.14. The number of benzene rings is 1. The lowest BCUT2D eigenvalue weighted by molar-refractivity contribution is -0.144. The Hall–Kier alpha value is -1.00. The third kappa shape index (κ3) is 5.24. The first-order chi connectivity index (χ1) is 8.13. The van der Waals surface area contributed by atoms with E-state index in [4.69, 9.17) is 4.74 Å². The van der Waals surface area contributed by atoms with Crippen molar-refractivity contribution in [3.05, 3.63) is 29.8 Å². The van der Waals surface area contributed by atoms with Crippen LogP contribution in [0, 0.1) is 6.92 Å². The van der Waals surface area contributed by atoms with Crippen molar-refractivity contribution in [2.45, 2.75) is 31.3 Å². The van der Waals surface area contributed by atoms with Crippen LogP contribution in [-0.2, 0) is 9.53 Å². The number of hydrogen-bond acceptors (Lipinski definition) is 4. The SMILES string of the molecule is CCOC(=O)CC(O)CSc1ccccc1C. The van der Waals surface area contributed by atoms with Crippen molar-refractivity contribution in [3.63, 3.8) is 0 Å². The van der Waals surface area contributed by atoms with Crippen molar-refractivity contribution in [2.24, 2.45) is 0 Å². The Morgan fingerprint density at radius 2 is 2.18 bits per heavy atom. The highest BCUT2D eigenvalue weighted by atomic mass is 32.2. The van der Waals surface area contributed by atoms with E-state index in [1.165, 1.54) is 5.56 Å². The monoisotopic (exact) mass is 254 g/mol. The Labute approximate surface area is 106 Å². The van der Waals surface area contributed by atoms with E-state index in [2.05, 4.69) is 0 Å². The molecule has 0 heterocycles. The summed E-state index contributed by atoms with van der Waals surface area (Å²) in [4.78, 5) is 12.3. The van der Waals surface area contributed by atoms with Gasteiger partial charge in [0.1, 0.15) is 0 Å². The van der Waals surface area contributed by atoms with Crippen LogP contribution in [0.3, 0.4) is 0 Å². The zero-order valence-corrected chi connectivity index (χ0v) is 11.0. The van der Waals surface area contributed by atoms with Crippen LogP contribution in [0.4, 0.5) is 0 Å². The molecular formula is C13H18O3S. The third-order valence-corrected chi connectivity index (χ3v) is 3.55. The number of rotatable bonds is 6. The van der Waals surface area contributed by atoms with Crippen molar-refractivity contribution < 1.29 is 14.6 Å². The van der Waals surface area contributed by atoms with Crippen LogP contribution in [-0.4, -0.2) is 29.5 Å². The van der Waals surface area contributed by atoms with E-state index in [1.807, 2.05) is 31.2 Å². The molecule has 94 valence electrons. The van der Waals surface area contributed by atoms with Crippen LogP contribution in [0.5, 0.6) is 0 Å². The lowest BCUT2D eigenvalue weighted by Gasteiger charge is -2.10. The van der Waals surface area contributed by atoms with Crippen molar-refractivity contribution in [2.75, 3.05) is 12.4 Å². The number of esters is 1. The van der Waals surface area contributed by atoms with Gasteiger partial charge < -0.3 is 9.84 Å². The summed E-state index contributed by atoms with van der Waals surface area (Å²) in [7, 11) is 0. The van der Waals surface area contributed by atoms with Gasteiger partial charge in [0.2, 0.25) is 0 Å². The first-order valence-corrected chi connectivity index (χ1v) is 6.64. The van der Waals surface area contributed by atoms with E-state index < -0.39 is 6.10 Å². The number of aliphatic hydroxyl groups excluding tert-OH is 1. The molecule has 0 aromatic heterocycles. The molecule has 0 aliphatic heterocycles. The van der Waals surface area contributed by atoms with Crippen molar-refractivity contribution in [1.29, 1.82) is 0 Å². The number of carbonyl (C=O) groups excluding carboxylic acids is 1. The zero-order valence-electron chi connectivity index (χ0n) is 10.2. The molecule has 1 N–H and O–H groups in total. The van der Waals surface area contributed by atoms with Gasteiger partial charge in [-0.2, -0.15) is 0 Å². The maximum absolute atomic E-state index is 11.1. The molecule has 0 aliphatic rings. The Bertz CT molecular complexity index is 365. The third-order valence-electron chi connectivity index (χ3n) is 2.23. The predicted molar refractivity (Wildman–Crippen MR) is 69.2 cm³/mol. The number of hydrogen-bond donors (Lipinski definition) is 1. The fraction of sp³-hybridized carbons (Fsp3) is 0.462. The minimum Gasteiger partial charge on any atom is -0.466 e. The smallest absolute Gasteiger partial charge is 0.308 e. The maximum Gasteiger partial charge on any atom is 0.308 e. The topological polar surface area (TPSA) is 46.5 Å². The summed E-state index contributed by atoms with van der Waals surface area (Å²) in [6.07, 6.45) is -0.592. The van der Waals surface area contributed by atoms with Crippen LogP contribution in [0.2, 0.25) is 0 Å². The predicted octanol–water partition coefficient (Wildman–Crippen LogP) is 2.40. The molecule has 1 atom stereocenters. The molecule has 1 unspecified atom stereocenters. The summed E-state index contributed by atoms with van der Waals surface area (Å²) >= 11 is 1.56. The lowest BCUT2D eigenvalue weighted by atomic mass is 10.2. The van der Waals surface area contributed by atoms with Crippen molar-refractivity contribution in [1.82, 2.24) is 0 Å². The Kier molecular flexibility index (Phi) is 6.08. The van der Waals surface area contributed by atoms with Crippen molar-refractivity contribution in [3.8, 4) is 0 Å². The summed E-state index contributed by atoms with van der Waals surface area (Å²) in [5.41, 5.74) is 1.18. The fourth-order valence-electron chi connectivity index (χ4n) is 1.38. The molecule has 0 bridgehead atoms. The number of thioether (sulfide) groups is 1. The van der Waals surface area contributed by atoms with Crippen LogP contribution in [0.25, 0.3) is 0 Å². The first kappa shape index (κ1) is 14.1. The molecule has 0 radical (unpaired) electrons. The fourth-order valence-corrected chi connectivity index (χ4v) is 2.34. The summed E-state index contributed by atoms with van der Waals surface area (Å²) in [5.74, 6) is 0.161. The van der Waals surface area contributed by atoms with Crippen LogP contribution < -0.4 is 0 Å². The molecule has 0 saturated heterocycles. The van der Waals surface area contributed by atoms with E-state index in [0.717, 1.165) is 4.90 Å². The molecule has 0 saturated carbocycles. The van der Waals surface area contributed by atoms with Gasteiger partial charge in [-0.05, 0) is 25.5 Å². The van der Waals surface area contributed by atoms with Crippen molar-refractivity contribution >= 4 is 17.7 Å². The minimum atomic E-state index is -0.654. The average Bonchev–Trinajstić information content (AvgIpc) is 2.28. The largest absolute Gasteiger partial charge is 0.466 e. The van der Waals surface area contributed by atoms with Gasteiger partial charge in [0, 0.05) is 10.6 Å². The van der Waals surface area contributed by atoms with Crippen LogP contribution >= 0.6 is 11.8 Å².